The Hall–Kier alpha value is -2.49. The van der Waals surface area contributed by atoms with Crippen molar-refractivity contribution >= 4 is 48.3 Å². The van der Waals surface area contributed by atoms with Crippen LogP contribution in [0.2, 0.25) is 0 Å². The Labute approximate surface area is 191 Å². The first kappa shape index (κ1) is 21.4. The van der Waals surface area contributed by atoms with Gasteiger partial charge in [-0.2, -0.15) is 0 Å². The molecule has 1 aromatic heterocycles. The van der Waals surface area contributed by atoms with Crippen molar-refractivity contribution in [1.29, 1.82) is 0 Å². The number of para-hydroxylation sites is 1. The minimum Gasteiger partial charge on any atom is -0.376 e. The summed E-state index contributed by atoms with van der Waals surface area (Å²) in [6.45, 7) is 3.04. The average molecular weight is 472 g/mol. The van der Waals surface area contributed by atoms with E-state index in [1.165, 1.54) is 21.9 Å². The molecule has 2 atom stereocenters. The van der Waals surface area contributed by atoms with E-state index in [2.05, 4.69) is 0 Å². The summed E-state index contributed by atoms with van der Waals surface area (Å²) in [4.78, 5) is 20.1. The number of amides is 1. The second-order valence-electron chi connectivity index (χ2n) is 8.47. The van der Waals surface area contributed by atoms with Gasteiger partial charge in [-0.3, -0.25) is 14.0 Å². The van der Waals surface area contributed by atoms with Crippen LogP contribution in [0.15, 0.2) is 42.5 Å². The quantitative estimate of drug-likeness (QED) is 0.565. The van der Waals surface area contributed by atoms with E-state index in [4.69, 9.17) is 9.72 Å². The van der Waals surface area contributed by atoms with Gasteiger partial charge in [0.1, 0.15) is 0 Å². The summed E-state index contributed by atoms with van der Waals surface area (Å²) in [5.41, 5.74) is 2.92. The largest absolute Gasteiger partial charge is 0.376 e. The van der Waals surface area contributed by atoms with Crippen molar-refractivity contribution in [2.75, 3.05) is 28.6 Å². The van der Waals surface area contributed by atoms with Crippen molar-refractivity contribution in [2.45, 2.75) is 38.3 Å². The molecule has 5 rings (SSSR count). The maximum Gasteiger partial charge on any atom is 0.260 e. The number of benzene rings is 2. The van der Waals surface area contributed by atoms with Crippen molar-refractivity contribution in [3.63, 3.8) is 0 Å². The lowest BCUT2D eigenvalue weighted by molar-refractivity contribution is 0.0917. The molecule has 32 heavy (non-hydrogen) atoms. The Balaban J connectivity index is 1.51. The summed E-state index contributed by atoms with van der Waals surface area (Å²) in [5.74, 6) is -0.146. The van der Waals surface area contributed by atoms with Crippen molar-refractivity contribution in [2.24, 2.45) is 0 Å². The van der Waals surface area contributed by atoms with Crippen LogP contribution in [0, 0.1) is 0 Å². The predicted molar refractivity (Wildman–Crippen MR) is 127 cm³/mol. The summed E-state index contributed by atoms with van der Waals surface area (Å²) < 4.78 is 32.7. The third-order valence-electron chi connectivity index (χ3n) is 6.01. The second kappa shape index (κ2) is 8.13. The summed E-state index contributed by atoms with van der Waals surface area (Å²) in [7, 11) is -3.37. The Morgan fingerprint density at radius 3 is 2.81 bits per heavy atom. The molecular weight excluding hydrogens is 446 g/mol. The first-order valence-corrected chi connectivity index (χ1v) is 13.4. The van der Waals surface area contributed by atoms with E-state index in [1.54, 1.807) is 17.0 Å². The Kier molecular flexibility index (Phi) is 5.43. The van der Waals surface area contributed by atoms with Gasteiger partial charge in [0, 0.05) is 18.2 Å². The van der Waals surface area contributed by atoms with E-state index < -0.39 is 10.0 Å². The van der Waals surface area contributed by atoms with Crippen molar-refractivity contribution in [1.82, 2.24) is 4.98 Å². The summed E-state index contributed by atoms with van der Waals surface area (Å²) in [6.07, 6.45) is 3.69. The number of fused-ring (bicyclic) bond motifs is 2. The fourth-order valence-corrected chi connectivity index (χ4v) is 6.85. The number of nitrogens with zero attached hydrogens (tertiary/aromatic N) is 3. The van der Waals surface area contributed by atoms with Crippen molar-refractivity contribution in [3.8, 4) is 0 Å². The maximum atomic E-state index is 13.7. The van der Waals surface area contributed by atoms with Crippen LogP contribution >= 0.6 is 11.3 Å². The molecule has 0 N–H and O–H groups in total. The lowest BCUT2D eigenvalue weighted by Crippen LogP contribution is -2.37. The van der Waals surface area contributed by atoms with Gasteiger partial charge in [-0.15, -0.1) is 0 Å². The number of thiazole rings is 1. The molecule has 2 aromatic carbocycles. The highest BCUT2D eigenvalue weighted by Gasteiger charge is 2.34. The summed E-state index contributed by atoms with van der Waals surface area (Å²) in [5, 5.41) is 0.651. The SMILES string of the molecule is C[C@@H]1Cc2cc(C(=O)N(C[C@@H]3CCCO3)c3nc4ccccc4s3)ccc2N1S(C)(=O)=O. The number of hydrogen-bond donors (Lipinski definition) is 0. The highest BCUT2D eigenvalue weighted by Crippen LogP contribution is 2.36. The molecule has 1 amide bonds. The van der Waals surface area contributed by atoms with Crippen LogP contribution in [0.5, 0.6) is 0 Å². The molecular formula is C23H25N3O4S2. The number of rotatable bonds is 5. The molecule has 0 spiro atoms. The van der Waals surface area contributed by atoms with Crippen LogP contribution in [-0.4, -0.2) is 50.9 Å². The lowest BCUT2D eigenvalue weighted by Gasteiger charge is -2.24. The summed E-state index contributed by atoms with van der Waals surface area (Å²) in [6, 6.07) is 13.0. The topological polar surface area (TPSA) is 79.8 Å². The monoisotopic (exact) mass is 471 g/mol. The molecule has 9 heteroatoms. The number of anilines is 2. The highest BCUT2D eigenvalue weighted by molar-refractivity contribution is 7.92. The van der Waals surface area contributed by atoms with Gasteiger partial charge < -0.3 is 4.74 Å². The smallest absolute Gasteiger partial charge is 0.260 e. The number of aromatic nitrogens is 1. The lowest BCUT2D eigenvalue weighted by atomic mass is 10.1. The van der Waals surface area contributed by atoms with E-state index >= 15 is 0 Å². The number of carbonyl (C=O) groups is 1. The standard InChI is InChI=1S/C23H25N3O4S2/c1-15-12-17-13-16(9-10-20(17)26(15)32(2,28)29)22(27)25(14-18-6-5-11-30-18)23-24-19-7-3-4-8-21(19)31-23/h3-4,7-10,13,15,18H,5-6,11-12,14H2,1-2H3/t15-,18+/m1/s1. The van der Waals surface area contributed by atoms with E-state index in [-0.39, 0.29) is 18.1 Å². The van der Waals surface area contributed by atoms with E-state index in [9.17, 15) is 13.2 Å². The van der Waals surface area contributed by atoms with Gasteiger partial charge in [0.2, 0.25) is 10.0 Å². The van der Waals surface area contributed by atoms with Crippen LogP contribution in [0.4, 0.5) is 10.8 Å². The zero-order valence-corrected chi connectivity index (χ0v) is 19.7. The van der Waals surface area contributed by atoms with Crippen LogP contribution in [0.25, 0.3) is 10.2 Å². The van der Waals surface area contributed by atoms with Gasteiger partial charge in [-0.05, 0) is 62.1 Å². The molecule has 7 nitrogen and oxygen atoms in total. The molecule has 0 saturated carbocycles. The van der Waals surface area contributed by atoms with Gasteiger partial charge >= 0.3 is 0 Å². The molecule has 0 radical (unpaired) electrons. The summed E-state index contributed by atoms with van der Waals surface area (Å²) >= 11 is 1.49. The van der Waals surface area contributed by atoms with Gasteiger partial charge in [-0.1, -0.05) is 23.5 Å². The zero-order valence-electron chi connectivity index (χ0n) is 18.0. The number of sulfonamides is 1. The van der Waals surface area contributed by atoms with E-state index in [0.717, 1.165) is 28.6 Å². The van der Waals surface area contributed by atoms with Crippen LogP contribution in [0.3, 0.4) is 0 Å². The minimum absolute atomic E-state index is 0.0128. The first-order valence-electron chi connectivity index (χ1n) is 10.7. The maximum absolute atomic E-state index is 13.7. The Morgan fingerprint density at radius 1 is 1.28 bits per heavy atom. The zero-order chi connectivity index (χ0) is 22.5. The molecule has 2 aliphatic rings. The van der Waals surface area contributed by atoms with Crippen molar-refractivity contribution < 1.29 is 17.9 Å². The van der Waals surface area contributed by atoms with E-state index in [1.807, 2.05) is 37.3 Å². The molecule has 168 valence electrons. The van der Waals surface area contributed by atoms with Crippen LogP contribution in [0.1, 0.15) is 35.7 Å². The average Bonchev–Trinajstić information content (AvgIpc) is 3.47. The molecule has 0 unspecified atom stereocenters. The fourth-order valence-electron chi connectivity index (χ4n) is 4.61. The number of ether oxygens (including phenoxy) is 1. The molecule has 3 aromatic rings. The predicted octanol–water partition coefficient (Wildman–Crippen LogP) is 3.83. The molecule has 2 aliphatic heterocycles. The molecule has 1 saturated heterocycles. The molecule has 0 bridgehead atoms. The second-order valence-corrected chi connectivity index (χ2v) is 11.3. The minimum atomic E-state index is -3.37. The normalized spacial score (nSPS) is 20.6. The Bertz CT molecular complexity index is 1250. The number of hydrogen-bond acceptors (Lipinski definition) is 6. The van der Waals surface area contributed by atoms with Gasteiger partial charge in [0.05, 0.1) is 34.8 Å². The van der Waals surface area contributed by atoms with Crippen LogP contribution < -0.4 is 9.21 Å². The third-order valence-corrected chi connectivity index (χ3v) is 8.34. The third kappa shape index (κ3) is 3.89. The molecule has 3 heterocycles. The first-order chi connectivity index (χ1) is 15.3. The molecule has 1 fully saturated rings. The van der Waals surface area contributed by atoms with Gasteiger partial charge in [-0.25, -0.2) is 13.4 Å². The Morgan fingerprint density at radius 2 is 2.09 bits per heavy atom. The van der Waals surface area contributed by atoms with E-state index in [0.29, 0.717) is 36.0 Å². The van der Waals surface area contributed by atoms with Gasteiger partial charge in [0.25, 0.3) is 5.91 Å². The van der Waals surface area contributed by atoms with Crippen molar-refractivity contribution in [3.05, 3.63) is 53.6 Å². The van der Waals surface area contributed by atoms with Gasteiger partial charge in [0.15, 0.2) is 5.13 Å². The highest BCUT2D eigenvalue weighted by atomic mass is 32.2. The number of carbonyl (C=O) groups excluding carboxylic acids is 1. The fraction of sp³-hybridized carbons (Fsp3) is 0.391. The van der Waals surface area contributed by atoms with Crippen LogP contribution in [-0.2, 0) is 21.2 Å². The molecule has 0 aliphatic carbocycles.